The van der Waals surface area contributed by atoms with Crippen LogP contribution in [-0.2, 0) is 89.3 Å². The summed E-state index contributed by atoms with van der Waals surface area (Å²) in [5, 5.41) is 0. The van der Waals surface area contributed by atoms with Crippen molar-refractivity contribution < 1.29 is 106 Å². The van der Waals surface area contributed by atoms with Gasteiger partial charge in [0.2, 0.25) is 0 Å². The number of cyclic esters (lactones) is 2. The van der Waals surface area contributed by atoms with Gasteiger partial charge in [-0.15, -0.1) is 18.1 Å². The second kappa shape index (κ2) is 109. The summed E-state index contributed by atoms with van der Waals surface area (Å²) in [5.74, 6) is -2.25. The predicted octanol–water partition coefficient (Wildman–Crippen LogP) is 26.6. The lowest BCUT2D eigenvalue weighted by molar-refractivity contribution is -0.161. The standard InChI is InChI=1S/C48H90O9P.C43H85NO7P.C5H5N.C4H4O3.3H2O/c1-3-5-7-9-11-13-15-17-19-21-23-25-27-29-31-33-39-47(51)54-43-46(44-56-58(53)55-42-36-38-45(50)37-35-41-49)57-48(52)40-34-32-30-28-26-24-22-20-18-16-14-12-10-8-6-4-2;1-3-5-7-9-11-13-15-17-19-21-23-25-27-29-31-33-35-42(45)48-39-41(40-50-52(47)49-38-37-44)51-43(46)36-34-32-30-28-26-24-22-20-18-16-14-12-10-8-6-4-2;1-2-4-6-5-3-1;5-3-1-2-4(6)7-3;;;/h41,46H,3-40,42-44H2,1-2H3;41H,3-40,44H2,1-2H3;1-5H;1-2H2;3*1H2/q2*+1;;;;;. The molecular formula is C100H190N2O22P2+2. The van der Waals surface area contributed by atoms with E-state index in [1.165, 1.54) is 334 Å². The maximum absolute atomic E-state index is 12.7. The van der Waals surface area contributed by atoms with Crippen LogP contribution in [0.3, 0.4) is 0 Å². The zero-order chi connectivity index (χ0) is 89.9. The lowest BCUT2D eigenvalue weighted by Crippen LogP contribution is -2.29. The summed E-state index contributed by atoms with van der Waals surface area (Å²) in [6, 6.07) is 5.72. The summed E-state index contributed by atoms with van der Waals surface area (Å²) >= 11 is 0. The quantitative estimate of drug-likeness (QED) is 0.0158. The Bertz CT molecular complexity index is 2500. The van der Waals surface area contributed by atoms with E-state index in [-0.39, 0.29) is 125 Å². The fourth-order valence-corrected chi connectivity index (χ4v) is 15.8. The second-order valence-electron chi connectivity index (χ2n) is 34.0. The molecule has 0 aliphatic carbocycles. The Hall–Kier alpha value is -4.61. The molecule has 126 heavy (non-hydrogen) atoms. The number of hydrogen-bond donors (Lipinski definition) is 1. The van der Waals surface area contributed by atoms with E-state index in [2.05, 4.69) is 37.4 Å². The second-order valence-corrected chi connectivity index (χ2v) is 35.9. The summed E-state index contributed by atoms with van der Waals surface area (Å²) in [6.45, 7) is 8.75. The van der Waals surface area contributed by atoms with E-state index < -0.39 is 46.6 Å². The van der Waals surface area contributed by atoms with Crippen molar-refractivity contribution in [3.63, 3.8) is 0 Å². The Labute approximate surface area is 768 Å². The summed E-state index contributed by atoms with van der Waals surface area (Å²) in [5.41, 5.74) is 5.39. The Kier molecular flexibility index (Phi) is 113. The Balaban J connectivity index is -0.000000660. The van der Waals surface area contributed by atoms with Crippen molar-refractivity contribution in [3.8, 4) is 0 Å². The highest BCUT2D eigenvalue weighted by molar-refractivity contribution is 7.33. The number of pyridine rings is 1. The van der Waals surface area contributed by atoms with Crippen molar-refractivity contribution in [1.82, 2.24) is 4.98 Å². The average Bonchev–Trinajstić information content (AvgIpc) is 1.03. The Morgan fingerprint density at radius 3 is 0.794 bits per heavy atom. The number of carbonyl (C=O) groups excluding carboxylic acids is 8. The number of carbonyl (C=O) groups is 8. The molecule has 0 bridgehead atoms. The molecule has 1 aromatic heterocycles. The minimum Gasteiger partial charge on any atom is -0.462 e. The van der Waals surface area contributed by atoms with Gasteiger partial charge in [0, 0.05) is 73.0 Å². The van der Waals surface area contributed by atoms with Crippen LogP contribution >= 0.6 is 16.5 Å². The number of nitrogens with zero attached hydrogens (tertiary/aromatic N) is 1. The van der Waals surface area contributed by atoms with Crippen LogP contribution in [0, 0.1) is 0 Å². The van der Waals surface area contributed by atoms with Crippen molar-refractivity contribution >= 4 is 64.4 Å². The minimum absolute atomic E-state index is 0. The molecule has 4 unspecified atom stereocenters. The van der Waals surface area contributed by atoms with Gasteiger partial charge in [0.15, 0.2) is 12.2 Å². The highest BCUT2D eigenvalue weighted by Crippen LogP contribution is 2.27. The molecule has 1 aromatic rings. The fraction of sp³-hybridized carbons (Fsp3) is 0.870. The van der Waals surface area contributed by atoms with E-state index in [9.17, 15) is 47.5 Å². The third-order valence-electron chi connectivity index (χ3n) is 22.1. The number of unbranched alkanes of at least 4 members (excludes halogenated alkanes) is 60. The number of rotatable bonds is 91. The number of nitrogens with two attached hydrogens (primary N) is 1. The predicted molar refractivity (Wildman–Crippen MR) is 511 cm³/mol. The minimum atomic E-state index is -2.51. The van der Waals surface area contributed by atoms with E-state index in [0.29, 0.717) is 32.0 Å². The van der Waals surface area contributed by atoms with Gasteiger partial charge in [-0.2, -0.15) is 0 Å². The Morgan fingerprint density at radius 2 is 0.579 bits per heavy atom. The number of ketones is 1. The molecule has 1 aliphatic rings. The first-order valence-corrected chi connectivity index (χ1v) is 52.8. The van der Waals surface area contributed by atoms with E-state index in [1.54, 1.807) is 12.4 Å². The molecule has 0 spiro atoms. The van der Waals surface area contributed by atoms with Gasteiger partial charge in [-0.25, -0.2) is 0 Å². The monoisotopic (exact) mass is 1830 g/mol. The van der Waals surface area contributed by atoms with E-state index >= 15 is 0 Å². The number of aldehydes is 1. The molecule has 2 rings (SSSR count). The van der Waals surface area contributed by atoms with Crippen LogP contribution in [0.25, 0.3) is 0 Å². The molecule has 26 heteroatoms. The lowest BCUT2D eigenvalue weighted by Gasteiger charge is -2.16. The first kappa shape index (κ1) is 130. The van der Waals surface area contributed by atoms with Crippen LogP contribution in [0.1, 0.15) is 503 Å². The summed E-state index contributed by atoms with van der Waals surface area (Å²) < 4.78 is 71.2. The van der Waals surface area contributed by atoms with Gasteiger partial charge < -0.3 is 50.6 Å². The van der Waals surface area contributed by atoms with Crippen LogP contribution in [0.5, 0.6) is 0 Å². The first-order chi connectivity index (χ1) is 60.2. The summed E-state index contributed by atoms with van der Waals surface area (Å²) in [6.07, 6.45) is 86.5. The first-order valence-electron chi connectivity index (χ1n) is 50.6. The van der Waals surface area contributed by atoms with Crippen LogP contribution in [-0.4, -0.2) is 128 Å². The van der Waals surface area contributed by atoms with Gasteiger partial charge in [0.25, 0.3) is 0 Å². The van der Waals surface area contributed by atoms with Crippen molar-refractivity contribution in [2.24, 2.45) is 5.73 Å². The Morgan fingerprint density at radius 1 is 0.333 bits per heavy atom. The molecular weight excluding hydrogens is 1640 g/mol. The molecule has 8 N–H and O–H groups in total. The number of aromatic nitrogens is 1. The van der Waals surface area contributed by atoms with Crippen molar-refractivity contribution in [3.05, 3.63) is 30.6 Å². The van der Waals surface area contributed by atoms with Gasteiger partial charge >= 0.3 is 52.3 Å². The van der Waals surface area contributed by atoms with Crippen LogP contribution in [0.15, 0.2) is 30.6 Å². The fourth-order valence-electron chi connectivity index (χ4n) is 14.5. The van der Waals surface area contributed by atoms with Gasteiger partial charge in [0.1, 0.15) is 51.7 Å². The maximum atomic E-state index is 12.7. The van der Waals surface area contributed by atoms with Crippen LogP contribution in [0.4, 0.5) is 0 Å². The largest absolute Gasteiger partial charge is 0.697 e. The SMILES string of the molecule is CCCCCCCCCCCCCCCCCCC(=O)OCC(CO[P+](=O)OCCCC(=O)CCC=O)OC(=O)CCCCCCCCCCCCCCCCCC.CCCCCCCCCCCCCCCCCCC(=O)OCC(CO[P+](=O)OCCN)OC(=O)CCCCCCCCCCCCCCCCCC.O.O.O.O=C1CCC(=O)O1.c1ccncc1. The summed E-state index contributed by atoms with van der Waals surface area (Å²) in [7, 11) is -4.90. The van der Waals surface area contributed by atoms with Crippen molar-refractivity contribution in [1.29, 1.82) is 0 Å². The van der Waals surface area contributed by atoms with Crippen LogP contribution < -0.4 is 5.73 Å². The zero-order valence-corrected chi connectivity index (χ0v) is 82.4. The van der Waals surface area contributed by atoms with Gasteiger partial charge in [-0.1, -0.05) is 419 Å². The smallest absolute Gasteiger partial charge is 0.462 e. The number of ether oxygens (including phenoxy) is 5. The zero-order valence-electron chi connectivity index (χ0n) is 80.6. The number of esters is 6. The molecule has 0 saturated carbocycles. The summed E-state index contributed by atoms with van der Waals surface area (Å²) in [4.78, 5) is 96.1. The van der Waals surface area contributed by atoms with E-state index in [1.807, 2.05) is 18.2 Å². The normalized spacial score (nSPS) is 12.1. The molecule has 0 aromatic carbocycles. The topological polar surface area (TPSA) is 387 Å². The van der Waals surface area contributed by atoms with Crippen molar-refractivity contribution in [2.75, 3.05) is 46.2 Å². The third kappa shape index (κ3) is 106. The number of Topliss-reactive ketones (excluding diaryl/α,β-unsaturated/α-hetero) is 1. The van der Waals surface area contributed by atoms with Crippen LogP contribution in [0.2, 0.25) is 0 Å². The molecule has 24 nitrogen and oxygen atoms in total. The molecule has 4 atom stereocenters. The van der Waals surface area contributed by atoms with Gasteiger partial charge in [-0.3, -0.25) is 38.5 Å². The third-order valence-corrected chi connectivity index (χ3v) is 23.6. The van der Waals surface area contributed by atoms with E-state index in [4.69, 9.17) is 42.8 Å². The molecule has 1 fully saturated rings. The highest BCUT2D eigenvalue weighted by Gasteiger charge is 2.29. The molecule has 0 radical (unpaired) electrons. The maximum Gasteiger partial charge on any atom is 0.697 e. The molecule has 2 heterocycles. The lowest BCUT2D eigenvalue weighted by atomic mass is 10.0. The van der Waals surface area contributed by atoms with Crippen molar-refractivity contribution in [2.45, 2.75) is 515 Å². The molecule has 0 amide bonds. The number of hydrogen-bond acceptors (Lipinski definition) is 21. The molecule has 1 saturated heterocycles. The van der Waals surface area contributed by atoms with Gasteiger partial charge in [0.05, 0.1) is 12.8 Å². The highest BCUT2D eigenvalue weighted by atomic mass is 31.1. The molecule has 740 valence electrons. The average molecular weight is 1830 g/mol. The van der Waals surface area contributed by atoms with Gasteiger partial charge in [-0.05, 0) is 44.2 Å². The molecule has 1 aliphatic heterocycles. The van der Waals surface area contributed by atoms with E-state index in [0.717, 1.165) is 77.0 Å².